The number of nitrogens with zero attached hydrogens (tertiary/aromatic N) is 5. The van der Waals surface area contributed by atoms with Crippen LogP contribution < -0.4 is 5.32 Å². The average Bonchev–Trinajstić information content (AvgIpc) is 3.25. The number of rotatable bonds is 4. The van der Waals surface area contributed by atoms with E-state index in [0.717, 1.165) is 64.9 Å². The van der Waals surface area contributed by atoms with E-state index in [9.17, 15) is 0 Å². The van der Waals surface area contributed by atoms with Gasteiger partial charge in [0.15, 0.2) is 5.96 Å². The summed E-state index contributed by atoms with van der Waals surface area (Å²) in [5.41, 5.74) is 0. The number of hydrogen-bond acceptors (Lipinski definition) is 4. The van der Waals surface area contributed by atoms with Crippen molar-refractivity contribution in [2.45, 2.75) is 25.4 Å². The first-order valence-corrected chi connectivity index (χ1v) is 9.48. The number of nitrogens with one attached hydrogen (secondary N) is 1. The summed E-state index contributed by atoms with van der Waals surface area (Å²) in [4.78, 5) is 14.9. The van der Waals surface area contributed by atoms with Crippen LogP contribution in [0.15, 0.2) is 17.1 Å². The Balaban J connectivity index is 0.00000225. The van der Waals surface area contributed by atoms with E-state index in [2.05, 4.69) is 58.1 Å². The molecule has 1 N–H and O–H groups in total. The highest BCUT2D eigenvalue weighted by Crippen LogP contribution is 2.18. The molecule has 0 radical (unpaired) electrons. The van der Waals surface area contributed by atoms with Crippen LogP contribution in [-0.4, -0.2) is 111 Å². The Morgan fingerprint density at radius 1 is 1.12 bits per heavy atom. The smallest absolute Gasteiger partial charge is 0.194 e. The molecule has 7 heteroatoms. The van der Waals surface area contributed by atoms with Crippen molar-refractivity contribution < 1.29 is 0 Å². The fraction of sp³-hybridized carbons (Fsp3) is 0.833. The zero-order chi connectivity index (χ0) is 16.9. The number of hydrogen-bond donors (Lipinski definition) is 1. The van der Waals surface area contributed by atoms with Gasteiger partial charge in [0.2, 0.25) is 0 Å². The van der Waals surface area contributed by atoms with Crippen LogP contribution in [0.1, 0.15) is 13.3 Å². The second-order valence-corrected chi connectivity index (χ2v) is 7.41. The molecule has 0 bridgehead atoms. The lowest BCUT2D eigenvalue weighted by Gasteiger charge is -2.37. The second-order valence-electron chi connectivity index (χ2n) is 7.41. The summed E-state index contributed by atoms with van der Waals surface area (Å²) < 4.78 is 0. The van der Waals surface area contributed by atoms with E-state index in [1.165, 1.54) is 6.42 Å². The van der Waals surface area contributed by atoms with Crippen molar-refractivity contribution in [1.29, 1.82) is 0 Å². The average molecular weight is 462 g/mol. The first-order chi connectivity index (χ1) is 11.7. The molecule has 0 aromatic carbocycles. The van der Waals surface area contributed by atoms with Gasteiger partial charge in [-0.05, 0) is 27.4 Å². The molecule has 2 saturated heterocycles. The van der Waals surface area contributed by atoms with Gasteiger partial charge in [0.1, 0.15) is 0 Å². The third-order valence-electron chi connectivity index (χ3n) is 5.59. The normalized spacial score (nSPS) is 29.2. The van der Waals surface area contributed by atoms with Crippen LogP contribution in [0, 0.1) is 0 Å². The Hall–Kier alpha value is -0.380. The molecule has 3 aliphatic heterocycles. The molecule has 2 atom stereocenters. The van der Waals surface area contributed by atoms with Crippen molar-refractivity contribution in [2.24, 2.45) is 4.99 Å². The highest BCUT2D eigenvalue weighted by atomic mass is 127. The molecular weight excluding hydrogens is 427 g/mol. The molecule has 0 saturated carbocycles. The van der Waals surface area contributed by atoms with E-state index in [1.807, 2.05) is 0 Å². The van der Waals surface area contributed by atoms with Crippen LogP contribution in [0.5, 0.6) is 0 Å². The van der Waals surface area contributed by atoms with Crippen LogP contribution in [0.3, 0.4) is 0 Å². The highest BCUT2D eigenvalue weighted by molar-refractivity contribution is 14.0. The lowest BCUT2D eigenvalue weighted by molar-refractivity contribution is 0.119. The molecule has 6 nitrogen and oxygen atoms in total. The Bertz CT molecular complexity index is 460. The summed E-state index contributed by atoms with van der Waals surface area (Å²) in [6.45, 7) is 11.9. The predicted octanol–water partition coefficient (Wildman–Crippen LogP) is 0.762. The topological polar surface area (TPSA) is 37.4 Å². The van der Waals surface area contributed by atoms with Gasteiger partial charge >= 0.3 is 0 Å². The van der Waals surface area contributed by atoms with E-state index in [4.69, 9.17) is 4.99 Å². The van der Waals surface area contributed by atoms with Crippen molar-refractivity contribution in [3.63, 3.8) is 0 Å². The zero-order valence-corrected chi connectivity index (χ0v) is 18.4. The molecule has 3 aliphatic rings. The van der Waals surface area contributed by atoms with Crippen molar-refractivity contribution >= 4 is 29.9 Å². The van der Waals surface area contributed by atoms with E-state index in [0.29, 0.717) is 12.1 Å². The summed E-state index contributed by atoms with van der Waals surface area (Å²) in [5, 5.41) is 3.51. The minimum absolute atomic E-state index is 0. The predicted molar refractivity (Wildman–Crippen MR) is 116 cm³/mol. The summed E-state index contributed by atoms with van der Waals surface area (Å²) in [6, 6.07) is 1.20. The zero-order valence-electron chi connectivity index (χ0n) is 16.0. The van der Waals surface area contributed by atoms with Gasteiger partial charge in [-0.2, -0.15) is 0 Å². The van der Waals surface area contributed by atoms with Crippen molar-refractivity contribution in [1.82, 2.24) is 24.9 Å². The van der Waals surface area contributed by atoms with Gasteiger partial charge in [-0.1, -0.05) is 12.2 Å². The van der Waals surface area contributed by atoms with Gasteiger partial charge in [0.25, 0.3) is 0 Å². The van der Waals surface area contributed by atoms with Crippen molar-refractivity contribution in [3.05, 3.63) is 12.2 Å². The molecule has 3 rings (SSSR count). The third kappa shape index (κ3) is 5.55. The molecule has 0 spiro atoms. The van der Waals surface area contributed by atoms with Crippen molar-refractivity contribution in [2.75, 3.05) is 73.0 Å². The fourth-order valence-corrected chi connectivity index (χ4v) is 3.94. The van der Waals surface area contributed by atoms with Crippen LogP contribution in [0.2, 0.25) is 0 Å². The molecule has 2 fully saturated rings. The Kier molecular flexibility index (Phi) is 8.44. The van der Waals surface area contributed by atoms with Crippen LogP contribution >= 0.6 is 24.0 Å². The maximum absolute atomic E-state index is 4.99. The van der Waals surface area contributed by atoms with E-state index < -0.39 is 0 Å². The number of likely N-dealkylation sites (tertiary alicyclic amines) is 1. The molecular formula is C18H35IN6. The van der Waals surface area contributed by atoms with Gasteiger partial charge in [-0.25, -0.2) is 0 Å². The standard InChI is InChI=1S/C18H34N6.HI/c1-4-19-18(20-13-17-14-21(2)11-12-22(17)3)24-10-7-16(15-24)23-8-5-6-9-23;/h5-6,16-17H,4,7-15H2,1-3H3,(H,19,20);1H. The number of guanidine groups is 1. The molecule has 0 amide bonds. The largest absolute Gasteiger partial charge is 0.357 e. The summed E-state index contributed by atoms with van der Waals surface area (Å²) >= 11 is 0. The lowest BCUT2D eigenvalue weighted by atomic mass is 10.2. The maximum Gasteiger partial charge on any atom is 0.194 e. The first-order valence-electron chi connectivity index (χ1n) is 9.48. The Labute approximate surface area is 170 Å². The third-order valence-corrected chi connectivity index (χ3v) is 5.59. The molecule has 0 aliphatic carbocycles. The van der Waals surface area contributed by atoms with E-state index >= 15 is 0 Å². The van der Waals surface area contributed by atoms with Gasteiger partial charge in [0.05, 0.1) is 6.54 Å². The van der Waals surface area contributed by atoms with Gasteiger partial charge < -0.3 is 15.1 Å². The quantitative estimate of drug-likeness (QED) is 0.289. The van der Waals surface area contributed by atoms with Crippen LogP contribution in [-0.2, 0) is 0 Å². The van der Waals surface area contributed by atoms with Crippen molar-refractivity contribution in [3.8, 4) is 0 Å². The minimum Gasteiger partial charge on any atom is -0.357 e. The second kappa shape index (κ2) is 10.1. The molecule has 25 heavy (non-hydrogen) atoms. The van der Waals surface area contributed by atoms with Crippen LogP contribution in [0.4, 0.5) is 0 Å². The minimum atomic E-state index is 0. The molecule has 0 aromatic rings. The highest BCUT2D eigenvalue weighted by Gasteiger charge is 2.30. The van der Waals surface area contributed by atoms with Crippen LogP contribution in [0.25, 0.3) is 0 Å². The number of halogens is 1. The number of aliphatic imine (C=N–C) groups is 1. The summed E-state index contributed by atoms with van der Waals surface area (Å²) in [6.07, 6.45) is 5.83. The van der Waals surface area contributed by atoms with E-state index in [1.54, 1.807) is 0 Å². The Morgan fingerprint density at radius 2 is 1.88 bits per heavy atom. The molecule has 0 aromatic heterocycles. The molecule has 144 valence electrons. The maximum atomic E-state index is 4.99. The SMILES string of the molecule is CCNC(=NCC1CN(C)CCN1C)N1CCC(N2CC=CC2)C1.I. The lowest BCUT2D eigenvalue weighted by Crippen LogP contribution is -2.52. The molecule has 2 unspecified atom stereocenters. The van der Waals surface area contributed by atoms with Gasteiger partial charge in [-0.15, -0.1) is 24.0 Å². The number of likely N-dealkylation sites (N-methyl/N-ethyl adjacent to an activating group) is 2. The Morgan fingerprint density at radius 3 is 2.60 bits per heavy atom. The molecule has 3 heterocycles. The summed E-state index contributed by atoms with van der Waals surface area (Å²) in [7, 11) is 4.44. The monoisotopic (exact) mass is 462 g/mol. The first kappa shape index (κ1) is 20.9. The number of piperazine rings is 1. The summed E-state index contributed by atoms with van der Waals surface area (Å²) in [5.74, 6) is 1.11. The van der Waals surface area contributed by atoms with Gasteiger partial charge in [0, 0.05) is 64.4 Å². The fourth-order valence-electron chi connectivity index (χ4n) is 3.94. The van der Waals surface area contributed by atoms with E-state index in [-0.39, 0.29) is 24.0 Å². The van der Waals surface area contributed by atoms with Gasteiger partial charge in [-0.3, -0.25) is 14.8 Å².